The second kappa shape index (κ2) is 6.28. The van der Waals surface area contributed by atoms with E-state index in [0.717, 1.165) is 25.0 Å². The molecule has 0 unspecified atom stereocenters. The molecule has 0 atom stereocenters. The third-order valence-corrected chi connectivity index (χ3v) is 3.36. The van der Waals surface area contributed by atoms with Crippen LogP contribution in [0.25, 0.3) is 0 Å². The van der Waals surface area contributed by atoms with E-state index >= 15 is 0 Å². The second-order valence-electron chi connectivity index (χ2n) is 4.73. The van der Waals surface area contributed by atoms with Gasteiger partial charge in [-0.1, -0.05) is 19.9 Å². The van der Waals surface area contributed by atoms with Gasteiger partial charge in [-0.05, 0) is 37.6 Å². The van der Waals surface area contributed by atoms with Crippen LogP contribution in [0.5, 0.6) is 5.75 Å². The number of nitrogens with zero attached hydrogens (tertiary/aromatic N) is 1. The lowest BCUT2D eigenvalue weighted by Gasteiger charge is -2.26. The Morgan fingerprint density at radius 3 is 2.26 bits per heavy atom. The van der Waals surface area contributed by atoms with Gasteiger partial charge in [0.1, 0.15) is 5.75 Å². The van der Waals surface area contributed by atoms with Gasteiger partial charge >= 0.3 is 6.18 Å². The smallest absolute Gasteiger partial charge is 0.419 e. The van der Waals surface area contributed by atoms with Gasteiger partial charge in [-0.2, -0.15) is 13.2 Å². The molecule has 1 N–H and O–H groups in total. The van der Waals surface area contributed by atoms with E-state index in [-0.39, 0.29) is 0 Å². The Morgan fingerprint density at radius 1 is 1.21 bits per heavy atom. The minimum atomic E-state index is -4.52. The van der Waals surface area contributed by atoms with Gasteiger partial charge in [-0.15, -0.1) is 0 Å². The Hall–Kier alpha value is -1.23. The monoisotopic (exact) mass is 275 g/mol. The van der Waals surface area contributed by atoms with Gasteiger partial charge in [-0.3, -0.25) is 4.90 Å². The highest BCUT2D eigenvalue weighted by molar-refractivity contribution is 5.38. The summed E-state index contributed by atoms with van der Waals surface area (Å²) in [5, 5.41) is 9.27. The van der Waals surface area contributed by atoms with Crippen molar-refractivity contribution >= 4 is 0 Å². The third kappa shape index (κ3) is 4.13. The minimum Gasteiger partial charge on any atom is -0.507 e. The SMILES string of the molecule is CCC(CC)N(C)Cc1ccc(O)c(C(F)(F)F)c1. The zero-order chi connectivity index (χ0) is 14.6. The van der Waals surface area contributed by atoms with Crippen LogP contribution in [0.2, 0.25) is 0 Å². The molecule has 0 radical (unpaired) electrons. The fourth-order valence-electron chi connectivity index (χ4n) is 2.24. The van der Waals surface area contributed by atoms with Gasteiger partial charge in [0.2, 0.25) is 0 Å². The molecule has 0 bridgehead atoms. The maximum absolute atomic E-state index is 12.7. The predicted molar refractivity (Wildman–Crippen MR) is 68.9 cm³/mol. The molecule has 5 heteroatoms. The van der Waals surface area contributed by atoms with Crippen LogP contribution in [-0.2, 0) is 12.7 Å². The van der Waals surface area contributed by atoms with Crippen LogP contribution >= 0.6 is 0 Å². The molecule has 0 spiro atoms. The normalized spacial score (nSPS) is 12.4. The lowest BCUT2D eigenvalue weighted by molar-refractivity contribution is -0.138. The first-order chi connectivity index (χ1) is 8.79. The van der Waals surface area contributed by atoms with Crippen LogP contribution in [0.15, 0.2) is 18.2 Å². The molecule has 0 aliphatic carbocycles. The van der Waals surface area contributed by atoms with Crippen molar-refractivity contribution in [3.8, 4) is 5.75 Å². The first kappa shape index (κ1) is 15.8. The first-order valence-corrected chi connectivity index (χ1v) is 6.38. The van der Waals surface area contributed by atoms with Gasteiger partial charge < -0.3 is 5.11 Å². The maximum Gasteiger partial charge on any atom is 0.419 e. The second-order valence-corrected chi connectivity index (χ2v) is 4.73. The highest BCUT2D eigenvalue weighted by Gasteiger charge is 2.34. The molecule has 19 heavy (non-hydrogen) atoms. The number of hydrogen-bond donors (Lipinski definition) is 1. The van der Waals surface area contributed by atoms with Crippen molar-refractivity contribution in [2.24, 2.45) is 0 Å². The van der Waals surface area contributed by atoms with E-state index in [1.807, 2.05) is 11.9 Å². The molecule has 0 fully saturated rings. The fraction of sp³-hybridized carbons (Fsp3) is 0.571. The summed E-state index contributed by atoms with van der Waals surface area (Å²) in [4.78, 5) is 2.03. The molecular formula is C14H20F3NO. The Bertz CT molecular complexity index is 414. The molecular weight excluding hydrogens is 255 g/mol. The van der Waals surface area contributed by atoms with E-state index in [2.05, 4.69) is 13.8 Å². The molecule has 1 rings (SSSR count). The van der Waals surface area contributed by atoms with Gasteiger partial charge in [0.15, 0.2) is 0 Å². The number of aromatic hydroxyl groups is 1. The zero-order valence-corrected chi connectivity index (χ0v) is 11.5. The van der Waals surface area contributed by atoms with Crippen molar-refractivity contribution in [3.63, 3.8) is 0 Å². The van der Waals surface area contributed by atoms with Crippen LogP contribution in [0, 0.1) is 0 Å². The molecule has 0 saturated carbocycles. The summed E-state index contributed by atoms with van der Waals surface area (Å²) in [5.74, 6) is -0.721. The third-order valence-electron chi connectivity index (χ3n) is 3.36. The summed E-state index contributed by atoms with van der Waals surface area (Å²) in [5.41, 5.74) is -0.414. The van der Waals surface area contributed by atoms with Gasteiger partial charge in [-0.25, -0.2) is 0 Å². The molecule has 0 aliphatic heterocycles. The van der Waals surface area contributed by atoms with Crippen LogP contribution < -0.4 is 0 Å². The van der Waals surface area contributed by atoms with Crippen LogP contribution in [0.3, 0.4) is 0 Å². The zero-order valence-electron chi connectivity index (χ0n) is 11.5. The molecule has 0 amide bonds. The van der Waals surface area contributed by atoms with Crippen LogP contribution in [0.4, 0.5) is 13.2 Å². The number of halogens is 3. The molecule has 0 heterocycles. The van der Waals surface area contributed by atoms with E-state index in [4.69, 9.17) is 0 Å². The van der Waals surface area contributed by atoms with Crippen LogP contribution in [0.1, 0.15) is 37.8 Å². The van der Waals surface area contributed by atoms with E-state index < -0.39 is 17.5 Å². The largest absolute Gasteiger partial charge is 0.507 e. The fourth-order valence-corrected chi connectivity index (χ4v) is 2.24. The van der Waals surface area contributed by atoms with Gasteiger partial charge in [0.25, 0.3) is 0 Å². The average Bonchev–Trinajstić information content (AvgIpc) is 2.31. The average molecular weight is 275 g/mol. The number of rotatable bonds is 5. The topological polar surface area (TPSA) is 23.5 Å². The predicted octanol–water partition coefficient (Wildman–Crippen LogP) is 4.03. The van der Waals surface area contributed by atoms with Crippen molar-refractivity contribution in [3.05, 3.63) is 29.3 Å². The molecule has 0 aromatic heterocycles. The van der Waals surface area contributed by atoms with E-state index in [0.29, 0.717) is 18.2 Å². The summed E-state index contributed by atoms with van der Waals surface area (Å²) in [6, 6.07) is 4.01. The summed E-state index contributed by atoms with van der Waals surface area (Å²) in [6.45, 7) is 4.56. The molecule has 1 aromatic rings. The summed E-state index contributed by atoms with van der Waals surface area (Å²) in [7, 11) is 1.90. The summed E-state index contributed by atoms with van der Waals surface area (Å²) >= 11 is 0. The van der Waals surface area contributed by atoms with E-state index in [1.54, 1.807) is 0 Å². The summed E-state index contributed by atoms with van der Waals surface area (Å²) in [6.07, 6.45) is -2.61. The number of phenols is 1. The quantitative estimate of drug-likeness (QED) is 0.877. The number of phenolic OH excluding ortho intramolecular Hbond substituents is 1. The van der Waals surface area contributed by atoms with Crippen molar-refractivity contribution < 1.29 is 18.3 Å². The van der Waals surface area contributed by atoms with Gasteiger partial charge in [0.05, 0.1) is 5.56 Å². The lowest BCUT2D eigenvalue weighted by atomic mass is 10.1. The molecule has 1 aromatic carbocycles. The lowest BCUT2D eigenvalue weighted by Crippen LogP contribution is -2.30. The Kier molecular flexibility index (Phi) is 5.23. The van der Waals surface area contributed by atoms with E-state index in [1.165, 1.54) is 6.07 Å². The van der Waals surface area contributed by atoms with Crippen LogP contribution in [-0.4, -0.2) is 23.1 Å². The molecule has 2 nitrogen and oxygen atoms in total. The standard InChI is InChI=1S/C14H20F3NO/c1-4-11(5-2)18(3)9-10-6-7-13(19)12(8-10)14(15,16)17/h6-8,11,19H,4-5,9H2,1-3H3. The number of alkyl halides is 3. The highest BCUT2D eigenvalue weighted by atomic mass is 19.4. The van der Waals surface area contributed by atoms with Crippen molar-refractivity contribution in [1.29, 1.82) is 0 Å². The number of benzene rings is 1. The Morgan fingerprint density at radius 2 is 1.79 bits per heavy atom. The molecule has 108 valence electrons. The minimum absolute atomic E-state index is 0.350. The number of hydrogen-bond acceptors (Lipinski definition) is 2. The molecule has 0 saturated heterocycles. The highest BCUT2D eigenvalue weighted by Crippen LogP contribution is 2.36. The Labute approximate surface area is 111 Å². The Balaban J connectivity index is 2.91. The van der Waals surface area contributed by atoms with E-state index in [9.17, 15) is 18.3 Å². The van der Waals surface area contributed by atoms with Crippen molar-refractivity contribution in [2.45, 2.75) is 45.5 Å². The first-order valence-electron chi connectivity index (χ1n) is 6.38. The van der Waals surface area contributed by atoms with Crippen molar-refractivity contribution in [2.75, 3.05) is 7.05 Å². The molecule has 0 aliphatic rings. The van der Waals surface area contributed by atoms with Gasteiger partial charge in [0, 0.05) is 12.6 Å². The summed E-state index contributed by atoms with van der Waals surface area (Å²) < 4.78 is 38.1. The van der Waals surface area contributed by atoms with Crippen molar-refractivity contribution in [1.82, 2.24) is 4.90 Å². The maximum atomic E-state index is 12.7.